The van der Waals surface area contributed by atoms with E-state index in [1.165, 1.54) is 56.7 Å². The molecule has 0 aliphatic rings. The number of hydrogen-bond acceptors (Lipinski definition) is 7. The van der Waals surface area contributed by atoms with Crippen LogP contribution >= 0.6 is 0 Å². The molecule has 12 heteroatoms. The van der Waals surface area contributed by atoms with E-state index in [0.29, 0.717) is 5.75 Å². The quantitative estimate of drug-likeness (QED) is 0.369. The van der Waals surface area contributed by atoms with E-state index >= 15 is 0 Å². The van der Waals surface area contributed by atoms with Crippen LogP contribution in [0.3, 0.4) is 0 Å². The number of carbonyl (C=O) groups is 1. The summed E-state index contributed by atoms with van der Waals surface area (Å²) in [5.74, 6) is -0.0661. The molecule has 0 unspecified atom stereocenters. The molecule has 3 rings (SSSR count). The number of carbonyl (C=O) groups excluding carboxylic acids is 1. The molecule has 0 radical (unpaired) electrons. The van der Waals surface area contributed by atoms with Crippen molar-refractivity contribution in [1.82, 2.24) is 4.72 Å². The van der Waals surface area contributed by atoms with Gasteiger partial charge >= 0.3 is 0 Å². The Morgan fingerprint density at radius 1 is 0.857 bits per heavy atom. The van der Waals surface area contributed by atoms with Crippen molar-refractivity contribution in [3.8, 4) is 11.5 Å². The minimum absolute atomic E-state index is 0.0639. The lowest BCUT2D eigenvalue weighted by Gasteiger charge is -2.19. The molecule has 0 aromatic heterocycles. The number of anilines is 1. The van der Waals surface area contributed by atoms with E-state index in [-0.39, 0.29) is 27.6 Å². The second kappa shape index (κ2) is 10.9. The van der Waals surface area contributed by atoms with Gasteiger partial charge in [-0.05, 0) is 48.4 Å². The third kappa shape index (κ3) is 6.79. The van der Waals surface area contributed by atoms with Gasteiger partial charge in [0.1, 0.15) is 6.04 Å². The molecular formula is C23H25N3O7S2. The van der Waals surface area contributed by atoms with Crippen molar-refractivity contribution in [2.75, 3.05) is 19.5 Å². The summed E-state index contributed by atoms with van der Waals surface area (Å²) in [6.07, 6.45) is 0.0639. The van der Waals surface area contributed by atoms with Gasteiger partial charge in [0.15, 0.2) is 11.5 Å². The Bertz CT molecular complexity index is 1390. The molecule has 1 atom stereocenters. The largest absolute Gasteiger partial charge is 0.493 e. The summed E-state index contributed by atoms with van der Waals surface area (Å²) in [6.45, 7) is 0. The Kier molecular flexibility index (Phi) is 8.12. The fraction of sp³-hybridized carbons (Fsp3) is 0.174. The normalized spacial score (nSPS) is 12.5. The van der Waals surface area contributed by atoms with Crippen molar-refractivity contribution >= 4 is 31.6 Å². The van der Waals surface area contributed by atoms with E-state index in [0.717, 1.165) is 5.56 Å². The highest BCUT2D eigenvalue weighted by atomic mass is 32.2. The van der Waals surface area contributed by atoms with Crippen LogP contribution in [0.2, 0.25) is 0 Å². The van der Waals surface area contributed by atoms with Gasteiger partial charge in [-0.2, -0.15) is 4.72 Å². The summed E-state index contributed by atoms with van der Waals surface area (Å²) in [7, 11) is -5.22. The van der Waals surface area contributed by atoms with E-state index in [1.807, 2.05) is 0 Å². The van der Waals surface area contributed by atoms with Crippen molar-refractivity contribution in [2.24, 2.45) is 5.14 Å². The average Bonchev–Trinajstić information content (AvgIpc) is 2.83. The van der Waals surface area contributed by atoms with Gasteiger partial charge in [0.05, 0.1) is 24.0 Å². The molecule has 3 aromatic carbocycles. The zero-order valence-electron chi connectivity index (χ0n) is 19.0. The van der Waals surface area contributed by atoms with Crippen LogP contribution in [-0.4, -0.2) is 43.0 Å². The van der Waals surface area contributed by atoms with Crippen molar-refractivity contribution in [2.45, 2.75) is 22.3 Å². The Hall–Kier alpha value is -3.45. The summed E-state index contributed by atoms with van der Waals surface area (Å²) in [5, 5.41) is 7.71. The van der Waals surface area contributed by atoms with Crippen LogP contribution in [0.5, 0.6) is 11.5 Å². The molecule has 186 valence electrons. The Morgan fingerprint density at radius 3 is 2.03 bits per heavy atom. The van der Waals surface area contributed by atoms with Crippen LogP contribution in [0.25, 0.3) is 0 Å². The molecule has 0 spiro atoms. The first-order valence-corrected chi connectivity index (χ1v) is 13.3. The second-order valence-corrected chi connectivity index (χ2v) is 10.7. The number of rotatable bonds is 10. The van der Waals surface area contributed by atoms with Crippen LogP contribution in [0.1, 0.15) is 5.56 Å². The molecule has 0 saturated heterocycles. The van der Waals surface area contributed by atoms with Gasteiger partial charge in [0, 0.05) is 11.8 Å². The third-order valence-electron chi connectivity index (χ3n) is 5.01. The first-order valence-electron chi connectivity index (χ1n) is 10.3. The smallest absolute Gasteiger partial charge is 0.242 e. The number of benzene rings is 3. The van der Waals surface area contributed by atoms with E-state index in [9.17, 15) is 21.6 Å². The van der Waals surface area contributed by atoms with Crippen LogP contribution in [0.4, 0.5) is 5.69 Å². The minimum Gasteiger partial charge on any atom is -0.493 e. The highest BCUT2D eigenvalue weighted by Gasteiger charge is 2.27. The number of methoxy groups -OCH3 is 2. The lowest BCUT2D eigenvalue weighted by Crippen LogP contribution is -2.45. The molecule has 10 nitrogen and oxygen atoms in total. The Labute approximate surface area is 204 Å². The van der Waals surface area contributed by atoms with Gasteiger partial charge in [-0.1, -0.05) is 30.3 Å². The maximum atomic E-state index is 13.1. The number of primary sulfonamides is 1. The number of ether oxygens (including phenoxy) is 2. The van der Waals surface area contributed by atoms with Gasteiger partial charge in [0.25, 0.3) is 0 Å². The predicted octanol–water partition coefficient (Wildman–Crippen LogP) is 1.88. The third-order valence-corrected chi connectivity index (χ3v) is 7.41. The molecule has 0 aliphatic carbocycles. The lowest BCUT2D eigenvalue weighted by molar-refractivity contribution is -0.117. The lowest BCUT2D eigenvalue weighted by atomic mass is 10.1. The number of amides is 1. The van der Waals surface area contributed by atoms with Crippen molar-refractivity contribution in [3.63, 3.8) is 0 Å². The number of hydrogen-bond donors (Lipinski definition) is 3. The fourth-order valence-electron chi connectivity index (χ4n) is 3.23. The Morgan fingerprint density at radius 2 is 1.46 bits per heavy atom. The molecule has 0 heterocycles. The summed E-state index contributed by atoms with van der Waals surface area (Å²) in [4.78, 5) is 12.9. The molecule has 0 fully saturated rings. The van der Waals surface area contributed by atoms with Crippen LogP contribution < -0.4 is 24.7 Å². The molecule has 1 amide bonds. The fourth-order valence-corrected chi connectivity index (χ4v) is 4.96. The molecule has 0 aliphatic heterocycles. The van der Waals surface area contributed by atoms with E-state index in [4.69, 9.17) is 14.6 Å². The standard InChI is InChI=1S/C23H25N3O7S2/c1-32-21-13-12-19(15-22(21)33-2)35(30,31)26-20(14-16-6-4-3-5-7-16)23(27)25-17-8-10-18(11-9-17)34(24,28)29/h3-13,15,20,26H,14H2,1-2H3,(H,25,27)(H2,24,28,29)/t20-/m1/s1. The predicted molar refractivity (Wildman–Crippen MR) is 130 cm³/mol. The number of sulfonamides is 2. The number of nitrogens with two attached hydrogens (primary N) is 1. The van der Waals surface area contributed by atoms with Gasteiger partial charge < -0.3 is 14.8 Å². The van der Waals surface area contributed by atoms with E-state index < -0.39 is 32.0 Å². The van der Waals surface area contributed by atoms with Crippen LogP contribution in [0.15, 0.2) is 82.6 Å². The minimum atomic E-state index is -4.14. The first kappa shape index (κ1) is 26.2. The van der Waals surface area contributed by atoms with Gasteiger partial charge in [0.2, 0.25) is 26.0 Å². The van der Waals surface area contributed by atoms with Gasteiger partial charge in [-0.3, -0.25) is 4.79 Å². The molecule has 0 bridgehead atoms. The SMILES string of the molecule is COc1ccc(S(=O)(=O)N[C@H](Cc2ccccc2)C(=O)Nc2ccc(S(N)(=O)=O)cc2)cc1OC. The van der Waals surface area contributed by atoms with Crippen molar-refractivity contribution < 1.29 is 31.1 Å². The van der Waals surface area contributed by atoms with E-state index in [2.05, 4.69) is 10.0 Å². The monoisotopic (exact) mass is 519 g/mol. The molecule has 4 N–H and O–H groups in total. The van der Waals surface area contributed by atoms with Crippen LogP contribution in [0, 0.1) is 0 Å². The summed E-state index contributed by atoms with van der Waals surface area (Å²) in [5.41, 5.74) is 0.998. The first-order chi connectivity index (χ1) is 16.5. The molecule has 0 saturated carbocycles. The Balaban J connectivity index is 1.88. The van der Waals surface area contributed by atoms with Gasteiger partial charge in [-0.15, -0.1) is 0 Å². The average molecular weight is 520 g/mol. The zero-order valence-corrected chi connectivity index (χ0v) is 20.6. The van der Waals surface area contributed by atoms with Crippen LogP contribution in [-0.2, 0) is 31.3 Å². The van der Waals surface area contributed by atoms with E-state index in [1.54, 1.807) is 30.3 Å². The summed E-state index contributed by atoms with van der Waals surface area (Å²) in [6, 6.07) is 17.0. The topological polar surface area (TPSA) is 154 Å². The van der Waals surface area contributed by atoms with Crippen molar-refractivity contribution in [1.29, 1.82) is 0 Å². The molecule has 35 heavy (non-hydrogen) atoms. The highest BCUT2D eigenvalue weighted by molar-refractivity contribution is 7.89. The summed E-state index contributed by atoms with van der Waals surface area (Å²) >= 11 is 0. The van der Waals surface area contributed by atoms with Crippen molar-refractivity contribution in [3.05, 3.63) is 78.4 Å². The zero-order chi connectivity index (χ0) is 25.6. The maximum absolute atomic E-state index is 13.1. The second-order valence-electron chi connectivity index (χ2n) is 7.44. The summed E-state index contributed by atoms with van der Waals surface area (Å²) < 4.78 is 62.0. The number of nitrogens with one attached hydrogen (secondary N) is 2. The molecule has 3 aromatic rings. The van der Waals surface area contributed by atoms with Gasteiger partial charge in [-0.25, -0.2) is 22.0 Å². The maximum Gasteiger partial charge on any atom is 0.242 e. The highest BCUT2D eigenvalue weighted by Crippen LogP contribution is 2.29. The molecular weight excluding hydrogens is 494 g/mol.